The van der Waals surface area contributed by atoms with Crippen LogP contribution in [0.15, 0.2) is 18.2 Å². The molecular weight excluding hydrogens is 224 g/mol. The highest BCUT2D eigenvalue weighted by atomic mass is 35.5. The Labute approximate surface area is 100.0 Å². The third-order valence-corrected chi connectivity index (χ3v) is 3.37. The maximum Gasteiger partial charge on any atom is 0.253 e. The van der Waals surface area contributed by atoms with Crippen molar-refractivity contribution in [1.29, 1.82) is 0 Å². The normalized spacial score (nSPS) is 21.6. The number of halogens is 1. The number of nitrogens with one attached hydrogen (secondary N) is 1. The van der Waals surface area contributed by atoms with Gasteiger partial charge in [-0.1, -0.05) is 25.4 Å². The fraction of sp³-hybridized carbons (Fsp3) is 0.417. The van der Waals surface area contributed by atoms with Crippen LogP contribution in [0.3, 0.4) is 0 Å². The summed E-state index contributed by atoms with van der Waals surface area (Å²) >= 11 is 5.96. The lowest BCUT2D eigenvalue weighted by Gasteiger charge is -2.08. The van der Waals surface area contributed by atoms with E-state index in [1.54, 1.807) is 18.2 Å². The van der Waals surface area contributed by atoms with Crippen LogP contribution in [0, 0.1) is 5.41 Å². The van der Waals surface area contributed by atoms with Crippen LogP contribution in [0.25, 0.3) is 0 Å². The van der Waals surface area contributed by atoms with Gasteiger partial charge in [-0.15, -0.1) is 0 Å². The molecule has 1 unspecified atom stereocenters. The molecule has 1 aromatic carbocycles. The third-order valence-electron chi connectivity index (χ3n) is 3.06. The number of carbonyl (C=O) groups is 1. The molecule has 4 heteroatoms. The van der Waals surface area contributed by atoms with Crippen LogP contribution in [-0.4, -0.2) is 11.9 Å². The van der Waals surface area contributed by atoms with E-state index in [0.717, 1.165) is 6.42 Å². The lowest BCUT2D eigenvalue weighted by molar-refractivity contribution is 0.0946. The van der Waals surface area contributed by atoms with Gasteiger partial charge in [0, 0.05) is 11.7 Å². The summed E-state index contributed by atoms with van der Waals surface area (Å²) in [4.78, 5) is 11.9. The first-order valence-electron chi connectivity index (χ1n) is 5.26. The number of nitrogen functional groups attached to an aromatic ring is 1. The van der Waals surface area contributed by atoms with Crippen LogP contribution < -0.4 is 11.1 Å². The van der Waals surface area contributed by atoms with Gasteiger partial charge in [-0.3, -0.25) is 4.79 Å². The standard InChI is InChI=1S/C12H15ClN2O/c1-12(2)6-10(12)15-11(16)8-4-3-7(14)5-9(8)13/h3-5,10H,6,14H2,1-2H3,(H,15,16). The van der Waals surface area contributed by atoms with Crippen LogP contribution in [0.4, 0.5) is 5.69 Å². The fourth-order valence-corrected chi connectivity index (χ4v) is 1.94. The largest absolute Gasteiger partial charge is 0.399 e. The monoisotopic (exact) mass is 238 g/mol. The molecule has 0 saturated heterocycles. The average Bonchev–Trinajstić information content (AvgIpc) is 2.72. The van der Waals surface area contributed by atoms with Crippen LogP contribution in [0.1, 0.15) is 30.6 Å². The molecule has 0 bridgehead atoms. The lowest BCUT2D eigenvalue weighted by Crippen LogP contribution is -2.28. The molecular formula is C12H15ClN2O. The Bertz CT molecular complexity index is 443. The zero-order valence-corrected chi connectivity index (χ0v) is 10.1. The van der Waals surface area contributed by atoms with Gasteiger partial charge in [0.15, 0.2) is 0 Å². The summed E-state index contributed by atoms with van der Waals surface area (Å²) in [5, 5.41) is 3.36. The van der Waals surface area contributed by atoms with Gasteiger partial charge < -0.3 is 11.1 Å². The van der Waals surface area contributed by atoms with E-state index in [1.165, 1.54) is 0 Å². The number of carbonyl (C=O) groups excluding carboxylic acids is 1. The highest BCUT2D eigenvalue weighted by molar-refractivity contribution is 6.34. The Balaban J connectivity index is 2.10. The number of benzene rings is 1. The third kappa shape index (κ3) is 2.14. The fourth-order valence-electron chi connectivity index (χ4n) is 1.67. The summed E-state index contributed by atoms with van der Waals surface area (Å²) < 4.78 is 0. The molecule has 1 atom stereocenters. The maximum atomic E-state index is 11.9. The molecule has 2 rings (SSSR count). The van der Waals surface area contributed by atoms with Crippen LogP contribution in [-0.2, 0) is 0 Å². The number of rotatable bonds is 2. The van der Waals surface area contributed by atoms with Gasteiger partial charge in [-0.2, -0.15) is 0 Å². The van der Waals surface area contributed by atoms with Crippen molar-refractivity contribution in [3.05, 3.63) is 28.8 Å². The van der Waals surface area contributed by atoms with Gasteiger partial charge in [-0.25, -0.2) is 0 Å². The molecule has 1 aliphatic rings. The summed E-state index contributed by atoms with van der Waals surface area (Å²) in [6.45, 7) is 4.26. The quantitative estimate of drug-likeness (QED) is 0.778. The van der Waals surface area contributed by atoms with E-state index < -0.39 is 0 Å². The van der Waals surface area contributed by atoms with Crippen LogP contribution >= 0.6 is 11.6 Å². The lowest BCUT2D eigenvalue weighted by atomic mass is 10.1. The summed E-state index contributed by atoms with van der Waals surface area (Å²) in [5.74, 6) is -0.124. The Morgan fingerprint density at radius 2 is 2.19 bits per heavy atom. The Hall–Kier alpha value is -1.22. The molecule has 3 nitrogen and oxygen atoms in total. The molecule has 0 aliphatic heterocycles. The molecule has 1 fully saturated rings. The molecule has 0 spiro atoms. The van der Waals surface area contributed by atoms with Gasteiger partial charge in [0.2, 0.25) is 0 Å². The molecule has 86 valence electrons. The number of amides is 1. The van der Waals surface area contributed by atoms with E-state index >= 15 is 0 Å². The molecule has 1 aromatic rings. The molecule has 1 amide bonds. The minimum absolute atomic E-state index is 0.124. The van der Waals surface area contributed by atoms with Gasteiger partial charge in [-0.05, 0) is 30.0 Å². The SMILES string of the molecule is CC1(C)CC1NC(=O)c1ccc(N)cc1Cl. The molecule has 1 saturated carbocycles. The van der Waals surface area contributed by atoms with E-state index in [4.69, 9.17) is 17.3 Å². The second kappa shape index (κ2) is 3.67. The first-order chi connectivity index (χ1) is 7.40. The molecule has 1 aliphatic carbocycles. The van der Waals surface area contributed by atoms with Crippen LogP contribution in [0.5, 0.6) is 0 Å². The average molecular weight is 239 g/mol. The summed E-state index contributed by atoms with van der Waals surface area (Å²) in [5.41, 5.74) is 6.83. The van der Waals surface area contributed by atoms with E-state index in [2.05, 4.69) is 19.2 Å². The van der Waals surface area contributed by atoms with Gasteiger partial charge in [0.25, 0.3) is 5.91 Å². The zero-order chi connectivity index (χ0) is 11.9. The maximum absolute atomic E-state index is 11.9. The van der Waals surface area contributed by atoms with Crippen molar-refractivity contribution in [2.75, 3.05) is 5.73 Å². The van der Waals surface area contributed by atoms with E-state index in [9.17, 15) is 4.79 Å². The smallest absolute Gasteiger partial charge is 0.253 e. The number of hydrogen-bond donors (Lipinski definition) is 2. The Morgan fingerprint density at radius 1 is 1.56 bits per heavy atom. The number of hydrogen-bond acceptors (Lipinski definition) is 2. The molecule has 3 N–H and O–H groups in total. The predicted octanol–water partition coefficient (Wildman–Crippen LogP) is 2.45. The molecule has 0 heterocycles. The van der Waals surface area contributed by atoms with Crippen molar-refractivity contribution in [1.82, 2.24) is 5.32 Å². The first-order valence-corrected chi connectivity index (χ1v) is 5.64. The van der Waals surface area contributed by atoms with Crippen molar-refractivity contribution in [2.24, 2.45) is 5.41 Å². The minimum atomic E-state index is -0.124. The van der Waals surface area contributed by atoms with E-state index in [-0.39, 0.29) is 17.4 Å². The van der Waals surface area contributed by atoms with Crippen molar-refractivity contribution >= 4 is 23.2 Å². The Morgan fingerprint density at radius 3 is 2.69 bits per heavy atom. The molecule has 0 aromatic heterocycles. The second-order valence-electron chi connectivity index (χ2n) is 4.96. The second-order valence-corrected chi connectivity index (χ2v) is 5.37. The minimum Gasteiger partial charge on any atom is -0.399 e. The zero-order valence-electron chi connectivity index (χ0n) is 9.38. The number of anilines is 1. The topological polar surface area (TPSA) is 55.1 Å². The van der Waals surface area contributed by atoms with Crippen molar-refractivity contribution in [2.45, 2.75) is 26.3 Å². The van der Waals surface area contributed by atoms with Crippen molar-refractivity contribution in [3.8, 4) is 0 Å². The molecule has 0 radical (unpaired) electrons. The highest BCUT2D eigenvalue weighted by Crippen LogP contribution is 2.44. The van der Waals surface area contributed by atoms with Crippen molar-refractivity contribution < 1.29 is 4.79 Å². The highest BCUT2D eigenvalue weighted by Gasteiger charge is 2.46. The summed E-state index contributed by atoms with van der Waals surface area (Å²) in [6.07, 6.45) is 1.02. The summed E-state index contributed by atoms with van der Waals surface area (Å²) in [6, 6.07) is 5.18. The summed E-state index contributed by atoms with van der Waals surface area (Å²) in [7, 11) is 0. The van der Waals surface area contributed by atoms with E-state index in [1.807, 2.05) is 0 Å². The molecule has 16 heavy (non-hydrogen) atoms. The van der Waals surface area contributed by atoms with E-state index in [0.29, 0.717) is 16.3 Å². The van der Waals surface area contributed by atoms with Crippen molar-refractivity contribution in [3.63, 3.8) is 0 Å². The van der Waals surface area contributed by atoms with Gasteiger partial charge >= 0.3 is 0 Å². The predicted molar refractivity (Wildman–Crippen MR) is 65.5 cm³/mol. The Kier molecular flexibility index (Phi) is 2.58. The van der Waals surface area contributed by atoms with Gasteiger partial charge in [0.05, 0.1) is 10.6 Å². The van der Waals surface area contributed by atoms with Gasteiger partial charge in [0.1, 0.15) is 0 Å². The first kappa shape index (κ1) is 11.3. The number of nitrogens with two attached hydrogens (primary N) is 1. The van der Waals surface area contributed by atoms with Crippen LogP contribution in [0.2, 0.25) is 5.02 Å².